The number of carboxylic acids is 1. The van der Waals surface area contributed by atoms with Gasteiger partial charge in [-0.1, -0.05) is 12.2 Å². The third-order valence-corrected chi connectivity index (χ3v) is 1.57. The molecule has 0 aromatic rings. The number of hydrogen-bond donors (Lipinski definition) is 3. The number of amidine groups is 1. The van der Waals surface area contributed by atoms with Gasteiger partial charge in [0.2, 0.25) is 0 Å². The average molecular weight is 199 g/mol. The molecular formula is C9H17N3O2. The van der Waals surface area contributed by atoms with Gasteiger partial charge in [-0.25, -0.2) is 0 Å². The molecule has 5 N–H and O–H groups in total. The molecule has 0 bridgehead atoms. The van der Waals surface area contributed by atoms with Gasteiger partial charge in [-0.3, -0.25) is 9.79 Å². The van der Waals surface area contributed by atoms with Crippen LogP contribution in [0.25, 0.3) is 0 Å². The van der Waals surface area contributed by atoms with Crippen molar-refractivity contribution in [3.8, 4) is 0 Å². The Morgan fingerprint density at radius 3 is 2.71 bits per heavy atom. The van der Waals surface area contributed by atoms with Gasteiger partial charge in [-0.15, -0.1) is 0 Å². The number of nitrogens with two attached hydrogens (primary N) is 2. The third-order valence-electron chi connectivity index (χ3n) is 1.57. The molecule has 0 saturated heterocycles. The fraction of sp³-hybridized carbons (Fsp3) is 0.556. The van der Waals surface area contributed by atoms with E-state index in [2.05, 4.69) is 4.99 Å². The molecule has 0 saturated carbocycles. The van der Waals surface area contributed by atoms with E-state index in [1.807, 2.05) is 12.2 Å². The second-order valence-corrected chi connectivity index (χ2v) is 2.98. The normalized spacial score (nSPS) is 14.6. The van der Waals surface area contributed by atoms with Crippen molar-refractivity contribution in [1.29, 1.82) is 0 Å². The standard InChI is InChI=1S/C9H17N3O2/c1-7(10)12-6-4-2-3-5-8(11)9(13)14/h2,4,8H,3,5-6,11H2,1H3,(H2,10,12)(H,13,14)/t8-/m1/s1. The highest BCUT2D eigenvalue weighted by Crippen LogP contribution is 1.95. The molecular weight excluding hydrogens is 182 g/mol. The van der Waals surface area contributed by atoms with Crippen LogP contribution in [0, 0.1) is 0 Å². The lowest BCUT2D eigenvalue weighted by atomic mass is 10.1. The molecule has 0 heterocycles. The highest BCUT2D eigenvalue weighted by Gasteiger charge is 2.08. The second kappa shape index (κ2) is 7.08. The molecule has 1 atom stereocenters. The van der Waals surface area contributed by atoms with Gasteiger partial charge in [0.15, 0.2) is 0 Å². The second-order valence-electron chi connectivity index (χ2n) is 2.98. The van der Waals surface area contributed by atoms with Gasteiger partial charge in [0.05, 0.1) is 12.4 Å². The number of allylic oxidation sites excluding steroid dienone is 1. The Balaban J connectivity index is 3.54. The van der Waals surface area contributed by atoms with Gasteiger partial charge in [-0.2, -0.15) is 0 Å². The third kappa shape index (κ3) is 7.30. The lowest BCUT2D eigenvalue weighted by Gasteiger charge is -2.01. The number of rotatable bonds is 6. The highest BCUT2D eigenvalue weighted by atomic mass is 16.4. The van der Waals surface area contributed by atoms with E-state index >= 15 is 0 Å². The zero-order chi connectivity index (χ0) is 11.0. The Kier molecular flexibility index (Phi) is 6.39. The van der Waals surface area contributed by atoms with Crippen LogP contribution in [0.3, 0.4) is 0 Å². The molecule has 0 aliphatic heterocycles. The van der Waals surface area contributed by atoms with Gasteiger partial charge in [-0.05, 0) is 19.8 Å². The number of carbonyl (C=O) groups is 1. The van der Waals surface area contributed by atoms with Gasteiger partial charge < -0.3 is 16.6 Å². The lowest BCUT2D eigenvalue weighted by molar-refractivity contribution is -0.138. The van der Waals surface area contributed by atoms with Crippen molar-refractivity contribution in [3.05, 3.63) is 12.2 Å². The summed E-state index contributed by atoms with van der Waals surface area (Å²) in [6, 6.07) is -0.778. The maximum Gasteiger partial charge on any atom is 0.320 e. The lowest BCUT2D eigenvalue weighted by Crippen LogP contribution is -2.29. The van der Waals surface area contributed by atoms with Gasteiger partial charge in [0.1, 0.15) is 6.04 Å². The van der Waals surface area contributed by atoms with Gasteiger partial charge in [0.25, 0.3) is 0 Å². The fourth-order valence-electron chi connectivity index (χ4n) is 0.788. The average Bonchev–Trinajstić information content (AvgIpc) is 2.09. The van der Waals surface area contributed by atoms with E-state index in [1.54, 1.807) is 6.92 Å². The van der Waals surface area contributed by atoms with Crippen LogP contribution in [-0.2, 0) is 4.79 Å². The molecule has 0 aromatic carbocycles. The minimum Gasteiger partial charge on any atom is -0.480 e. The van der Waals surface area contributed by atoms with Crippen LogP contribution in [0.2, 0.25) is 0 Å². The Labute approximate surface area is 83.5 Å². The molecule has 0 radical (unpaired) electrons. The summed E-state index contributed by atoms with van der Waals surface area (Å²) >= 11 is 0. The summed E-state index contributed by atoms with van der Waals surface area (Å²) in [6.45, 7) is 2.25. The van der Waals surface area contributed by atoms with Crippen molar-refractivity contribution in [2.45, 2.75) is 25.8 Å². The van der Waals surface area contributed by atoms with Crippen molar-refractivity contribution in [3.63, 3.8) is 0 Å². The molecule has 0 aliphatic rings. The highest BCUT2D eigenvalue weighted by molar-refractivity contribution is 5.77. The van der Waals surface area contributed by atoms with Crippen LogP contribution in [-0.4, -0.2) is 29.5 Å². The minimum absolute atomic E-state index is 0.442. The van der Waals surface area contributed by atoms with Crippen molar-refractivity contribution < 1.29 is 9.90 Å². The Morgan fingerprint density at radius 2 is 2.21 bits per heavy atom. The molecule has 5 heteroatoms. The molecule has 0 amide bonds. The Bertz CT molecular complexity index is 232. The van der Waals surface area contributed by atoms with Gasteiger partial charge >= 0.3 is 5.97 Å². The molecule has 0 aliphatic carbocycles. The summed E-state index contributed by atoms with van der Waals surface area (Å²) in [4.78, 5) is 14.3. The molecule has 0 unspecified atom stereocenters. The monoisotopic (exact) mass is 199 g/mol. The zero-order valence-electron chi connectivity index (χ0n) is 8.31. The Hall–Kier alpha value is -1.36. The molecule has 80 valence electrons. The van der Waals surface area contributed by atoms with E-state index in [0.29, 0.717) is 25.2 Å². The minimum atomic E-state index is -0.964. The van der Waals surface area contributed by atoms with E-state index in [0.717, 1.165) is 0 Å². The first-order chi connectivity index (χ1) is 6.54. The number of carboxylic acid groups (broad SMARTS) is 1. The predicted octanol–water partition coefficient (Wildman–Crippen LogP) is 0.112. The van der Waals surface area contributed by atoms with Crippen LogP contribution in [0.5, 0.6) is 0 Å². The van der Waals surface area contributed by atoms with Gasteiger partial charge in [0, 0.05) is 0 Å². The molecule has 0 rings (SSSR count). The molecule has 0 aromatic heterocycles. The molecule has 14 heavy (non-hydrogen) atoms. The maximum absolute atomic E-state index is 10.3. The summed E-state index contributed by atoms with van der Waals surface area (Å²) in [5.41, 5.74) is 10.6. The van der Waals surface area contributed by atoms with Crippen LogP contribution in [0.15, 0.2) is 17.1 Å². The predicted molar refractivity (Wildman–Crippen MR) is 56.1 cm³/mol. The quantitative estimate of drug-likeness (QED) is 0.321. The first-order valence-electron chi connectivity index (χ1n) is 4.44. The molecule has 0 spiro atoms. The Morgan fingerprint density at radius 1 is 1.57 bits per heavy atom. The largest absolute Gasteiger partial charge is 0.480 e. The summed E-state index contributed by atoms with van der Waals surface area (Å²) in [6.07, 6.45) is 4.78. The van der Waals surface area contributed by atoms with Crippen LogP contribution in [0.1, 0.15) is 19.8 Å². The fourth-order valence-corrected chi connectivity index (χ4v) is 0.788. The first-order valence-corrected chi connectivity index (χ1v) is 4.44. The van der Waals surface area contributed by atoms with Crippen LogP contribution < -0.4 is 11.5 Å². The van der Waals surface area contributed by atoms with E-state index in [1.165, 1.54) is 0 Å². The van der Waals surface area contributed by atoms with Crippen molar-refractivity contribution >= 4 is 11.8 Å². The number of aliphatic carboxylic acids is 1. The topological polar surface area (TPSA) is 102 Å². The smallest absolute Gasteiger partial charge is 0.320 e. The van der Waals surface area contributed by atoms with Crippen molar-refractivity contribution in [2.24, 2.45) is 16.5 Å². The molecule has 5 nitrogen and oxygen atoms in total. The van der Waals surface area contributed by atoms with E-state index in [9.17, 15) is 4.79 Å². The number of aliphatic imine (C=N–C) groups is 1. The van der Waals surface area contributed by atoms with Crippen LogP contribution in [0.4, 0.5) is 0 Å². The number of hydrogen-bond acceptors (Lipinski definition) is 3. The molecule has 0 fully saturated rings. The van der Waals surface area contributed by atoms with Crippen LogP contribution >= 0.6 is 0 Å². The number of nitrogens with zero attached hydrogens (tertiary/aromatic N) is 1. The van der Waals surface area contributed by atoms with Crippen molar-refractivity contribution in [1.82, 2.24) is 0 Å². The van der Waals surface area contributed by atoms with E-state index in [4.69, 9.17) is 16.6 Å². The summed E-state index contributed by atoms with van der Waals surface area (Å²) < 4.78 is 0. The van der Waals surface area contributed by atoms with E-state index in [-0.39, 0.29) is 0 Å². The zero-order valence-corrected chi connectivity index (χ0v) is 8.31. The first kappa shape index (κ1) is 12.6. The maximum atomic E-state index is 10.3. The summed E-state index contributed by atoms with van der Waals surface area (Å²) in [5, 5.41) is 8.47. The summed E-state index contributed by atoms with van der Waals surface area (Å²) in [5.74, 6) is -0.425. The van der Waals surface area contributed by atoms with Crippen molar-refractivity contribution in [2.75, 3.05) is 6.54 Å². The summed E-state index contributed by atoms with van der Waals surface area (Å²) in [7, 11) is 0. The SMILES string of the molecule is CC(N)=NCC=CCC[C@@H](N)C(=O)O. The van der Waals surface area contributed by atoms with E-state index < -0.39 is 12.0 Å².